The third-order valence-electron chi connectivity index (χ3n) is 2.47. The molecule has 1 aliphatic carbocycles. The number of aliphatic hydroxyl groups is 1. The molecule has 0 radical (unpaired) electrons. The van der Waals surface area contributed by atoms with Gasteiger partial charge < -0.3 is 10.2 Å². The Morgan fingerprint density at radius 3 is 2.46 bits per heavy atom. The molecule has 0 amide bonds. The molecule has 0 saturated heterocycles. The second kappa shape index (κ2) is 3.34. The van der Waals surface area contributed by atoms with E-state index in [1.807, 2.05) is 0 Å². The quantitative estimate of drug-likeness (QED) is 0.674. The first kappa shape index (κ1) is 9.99. The van der Waals surface area contributed by atoms with E-state index in [-0.39, 0.29) is 5.92 Å². The van der Waals surface area contributed by atoms with E-state index in [2.05, 4.69) is 0 Å². The smallest absolute Gasteiger partial charge is 0.313 e. The van der Waals surface area contributed by atoms with Crippen molar-refractivity contribution in [3.05, 3.63) is 24.3 Å². The van der Waals surface area contributed by atoms with Gasteiger partial charge in [-0.3, -0.25) is 4.79 Å². The highest BCUT2D eigenvalue weighted by molar-refractivity contribution is 5.75. The lowest BCUT2D eigenvalue weighted by Gasteiger charge is -2.34. The summed E-state index contributed by atoms with van der Waals surface area (Å²) in [5, 5.41) is 18.9. The summed E-state index contributed by atoms with van der Waals surface area (Å²) in [6, 6.07) is 0. The number of carbonyl (C=O) groups is 1. The fourth-order valence-electron chi connectivity index (χ4n) is 1.47. The maximum absolute atomic E-state index is 10.8. The largest absolute Gasteiger partial charge is 0.481 e. The van der Waals surface area contributed by atoms with Crippen molar-refractivity contribution in [3.63, 3.8) is 0 Å². The van der Waals surface area contributed by atoms with E-state index >= 15 is 0 Å². The zero-order chi connectivity index (χ0) is 10.1. The summed E-state index contributed by atoms with van der Waals surface area (Å²) >= 11 is 0. The Morgan fingerprint density at radius 2 is 2.08 bits per heavy atom. The second-order valence-electron chi connectivity index (χ2n) is 3.60. The van der Waals surface area contributed by atoms with Crippen molar-refractivity contribution in [3.8, 4) is 0 Å². The number of carboxylic acid groups (broad SMARTS) is 1. The Labute approximate surface area is 77.4 Å². The Balaban J connectivity index is 3.00. The minimum Gasteiger partial charge on any atom is -0.481 e. The predicted octanol–water partition coefficient (Wildman–Crippen LogP) is 1.20. The third-order valence-corrected chi connectivity index (χ3v) is 2.47. The molecule has 72 valence electrons. The molecule has 3 nitrogen and oxygen atoms in total. The molecule has 3 heteroatoms. The average molecular weight is 182 g/mol. The SMILES string of the molecule is CC(C)C1(O)C=CC=CC1C(=O)O. The molecule has 0 aromatic carbocycles. The van der Waals surface area contributed by atoms with Crippen molar-refractivity contribution in [1.29, 1.82) is 0 Å². The van der Waals surface area contributed by atoms with E-state index in [0.717, 1.165) is 0 Å². The summed E-state index contributed by atoms with van der Waals surface area (Å²) in [6.07, 6.45) is 6.40. The molecule has 0 spiro atoms. The highest BCUT2D eigenvalue weighted by Crippen LogP contribution is 2.31. The van der Waals surface area contributed by atoms with Gasteiger partial charge in [0.15, 0.2) is 0 Å². The highest BCUT2D eigenvalue weighted by atomic mass is 16.4. The normalized spacial score (nSPS) is 32.5. The first-order chi connectivity index (χ1) is 5.98. The fourth-order valence-corrected chi connectivity index (χ4v) is 1.47. The molecule has 2 atom stereocenters. The van der Waals surface area contributed by atoms with Crippen LogP contribution in [0.1, 0.15) is 13.8 Å². The second-order valence-corrected chi connectivity index (χ2v) is 3.60. The number of rotatable bonds is 2. The van der Waals surface area contributed by atoms with Gasteiger partial charge in [0.2, 0.25) is 0 Å². The monoisotopic (exact) mass is 182 g/mol. The van der Waals surface area contributed by atoms with Crippen LogP contribution in [0.15, 0.2) is 24.3 Å². The minimum absolute atomic E-state index is 0.116. The molecule has 2 unspecified atom stereocenters. The van der Waals surface area contributed by atoms with Crippen LogP contribution in [-0.4, -0.2) is 21.8 Å². The first-order valence-electron chi connectivity index (χ1n) is 4.29. The van der Waals surface area contributed by atoms with Crippen molar-refractivity contribution in [2.45, 2.75) is 19.4 Å². The van der Waals surface area contributed by atoms with Crippen LogP contribution in [-0.2, 0) is 4.79 Å². The van der Waals surface area contributed by atoms with Crippen LogP contribution >= 0.6 is 0 Å². The molecule has 0 heterocycles. The molecule has 1 aliphatic rings. The van der Waals surface area contributed by atoms with E-state index in [0.29, 0.717) is 0 Å². The zero-order valence-corrected chi connectivity index (χ0v) is 7.77. The van der Waals surface area contributed by atoms with Crippen LogP contribution in [0.4, 0.5) is 0 Å². The fraction of sp³-hybridized carbons (Fsp3) is 0.500. The maximum Gasteiger partial charge on any atom is 0.313 e. The molecular weight excluding hydrogens is 168 g/mol. The van der Waals surface area contributed by atoms with Crippen LogP contribution in [0.25, 0.3) is 0 Å². The number of allylic oxidation sites excluding steroid dienone is 2. The molecule has 0 fully saturated rings. The van der Waals surface area contributed by atoms with Gasteiger partial charge in [0.1, 0.15) is 11.5 Å². The molecule has 0 bridgehead atoms. The molecule has 0 aliphatic heterocycles. The Bertz CT molecular complexity index is 265. The molecule has 0 aromatic rings. The van der Waals surface area contributed by atoms with Gasteiger partial charge in [-0.1, -0.05) is 38.2 Å². The maximum atomic E-state index is 10.8. The van der Waals surface area contributed by atoms with E-state index in [1.165, 1.54) is 6.08 Å². The summed E-state index contributed by atoms with van der Waals surface area (Å²) in [5.74, 6) is -1.94. The van der Waals surface area contributed by atoms with Gasteiger partial charge >= 0.3 is 5.97 Å². The lowest BCUT2D eigenvalue weighted by molar-refractivity contribution is -0.148. The van der Waals surface area contributed by atoms with Crippen LogP contribution < -0.4 is 0 Å². The van der Waals surface area contributed by atoms with Crippen molar-refractivity contribution >= 4 is 5.97 Å². The predicted molar refractivity (Wildman–Crippen MR) is 49.2 cm³/mol. The lowest BCUT2D eigenvalue weighted by Crippen LogP contribution is -2.45. The minimum atomic E-state index is -1.25. The van der Waals surface area contributed by atoms with Crippen LogP contribution in [0.5, 0.6) is 0 Å². The van der Waals surface area contributed by atoms with E-state index < -0.39 is 17.5 Å². The summed E-state index contributed by atoms with van der Waals surface area (Å²) in [7, 11) is 0. The van der Waals surface area contributed by atoms with E-state index in [1.54, 1.807) is 32.1 Å². The Hall–Kier alpha value is -1.09. The highest BCUT2D eigenvalue weighted by Gasteiger charge is 2.41. The summed E-state index contributed by atoms with van der Waals surface area (Å²) in [4.78, 5) is 10.8. The zero-order valence-electron chi connectivity index (χ0n) is 7.77. The number of carboxylic acids is 1. The van der Waals surface area contributed by atoms with Gasteiger partial charge in [-0.2, -0.15) is 0 Å². The van der Waals surface area contributed by atoms with Gasteiger partial charge in [0, 0.05) is 0 Å². The molecule has 2 N–H and O–H groups in total. The number of aliphatic carboxylic acids is 1. The van der Waals surface area contributed by atoms with Crippen molar-refractivity contribution in [2.75, 3.05) is 0 Å². The third kappa shape index (κ3) is 1.65. The average Bonchev–Trinajstić information content (AvgIpc) is 2.04. The van der Waals surface area contributed by atoms with Crippen molar-refractivity contribution in [1.82, 2.24) is 0 Å². The van der Waals surface area contributed by atoms with E-state index in [4.69, 9.17) is 5.11 Å². The van der Waals surface area contributed by atoms with Crippen molar-refractivity contribution < 1.29 is 15.0 Å². The summed E-state index contributed by atoms with van der Waals surface area (Å²) in [5.41, 5.74) is -1.25. The standard InChI is InChI=1S/C10H14O3/c1-7(2)10(13)6-4-3-5-8(10)9(11)12/h3-8,13H,1-2H3,(H,11,12). The molecular formula is C10H14O3. The van der Waals surface area contributed by atoms with Gasteiger partial charge in [-0.15, -0.1) is 0 Å². The van der Waals surface area contributed by atoms with Gasteiger partial charge in [0.25, 0.3) is 0 Å². The number of hydrogen-bond acceptors (Lipinski definition) is 2. The Morgan fingerprint density at radius 1 is 1.46 bits per heavy atom. The molecule has 13 heavy (non-hydrogen) atoms. The first-order valence-corrected chi connectivity index (χ1v) is 4.29. The Kier molecular flexibility index (Phi) is 2.57. The van der Waals surface area contributed by atoms with Crippen molar-refractivity contribution in [2.24, 2.45) is 11.8 Å². The molecule has 0 saturated carbocycles. The number of hydrogen-bond donors (Lipinski definition) is 2. The summed E-state index contributed by atoms with van der Waals surface area (Å²) < 4.78 is 0. The van der Waals surface area contributed by atoms with Gasteiger partial charge in [-0.25, -0.2) is 0 Å². The summed E-state index contributed by atoms with van der Waals surface area (Å²) in [6.45, 7) is 3.61. The molecule has 0 aromatic heterocycles. The van der Waals surface area contributed by atoms with Gasteiger partial charge in [-0.05, 0) is 5.92 Å². The van der Waals surface area contributed by atoms with Gasteiger partial charge in [0.05, 0.1) is 0 Å². The van der Waals surface area contributed by atoms with E-state index in [9.17, 15) is 9.90 Å². The van der Waals surface area contributed by atoms with Crippen LogP contribution in [0.2, 0.25) is 0 Å². The lowest BCUT2D eigenvalue weighted by atomic mass is 9.76. The molecule has 1 rings (SSSR count). The van der Waals surface area contributed by atoms with Crippen LogP contribution in [0.3, 0.4) is 0 Å². The van der Waals surface area contributed by atoms with Crippen LogP contribution in [0, 0.1) is 11.8 Å². The topological polar surface area (TPSA) is 57.5 Å².